The van der Waals surface area contributed by atoms with Crippen LogP contribution in [0.3, 0.4) is 0 Å². The van der Waals surface area contributed by atoms with Gasteiger partial charge in [-0.05, 0) is 18.6 Å². The number of benzene rings is 1. The summed E-state index contributed by atoms with van der Waals surface area (Å²) >= 11 is 0. The minimum atomic E-state index is -2.83. The SMILES string of the molecule is CCC(CN)c1ncc(-c2cccc(OC(F)F)c2)[nH]1. The fraction of sp³-hybridized carbons (Fsp3) is 0.357. The molecule has 1 aromatic heterocycles. The average Bonchev–Trinajstić information content (AvgIpc) is 2.89. The van der Waals surface area contributed by atoms with Crippen LogP contribution in [0.2, 0.25) is 0 Å². The van der Waals surface area contributed by atoms with Gasteiger partial charge in [-0.2, -0.15) is 8.78 Å². The van der Waals surface area contributed by atoms with Gasteiger partial charge in [-0.25, -0.2) is 4.98 Å². The number of hydrogen-bond acceptors (Lipinski definition) is 3. The number of hydrogen-bond donors (Lipinski definition) is 2. The summed E-state index contributed by atoms with van der Waals surface area (Å²) in [6, 6.07) is 6.50. The van der Waals surface area contributed by atoms with E-state index in [1.165, 1.54) is 6.07 Å². The third kappa shape index (κ3) is 3.33. The summed E-state index contributed by atoms with van der Waals surface area (Å²) in [6.45, 7) is -0.279. The van der Waals surface area contributed by atoms with Crippen molar-refractivity contribution in [1.29, 1.82) is 0 Å². The molecule has 2 rings (SSSR count). The van der Waals surface area contributed by atoms with Crippen LogP contribution < -0.4 is 10.5 Å². The highest BCUT2D eigenvalue weighted by molar-refractivity contribution is 5.60. The molecule has 1 atom stereocenters. The van der Waals surface area contributed by atoms with E-state index >= 15 is 0 Å². The van der Waals surface area contributed by atoms with Gasteiger partial charge in [0, 0.05) is 18.0 Å². The fourth-order valence-electron chi connectivity index (χ4n) is 2.00. The lowest BCUT2D eigenvalue weighted by atomic mass is 10.1. The molecule has 1 aromatic carbocycles. The second kappa shape index (κ2) is 6.47. The number of aromatic amines is 1. The number of ether oxygens (including phenoxy) is 1. The maximum absolute atomic E-state index is 12.2. The van der Waals surface area contributed by atoms with E-state index in [-0.39, 0.29) is 11.7 Å². The Morgan fingerprint density at radius 1 is 1.40 bits per heavy atom. The van der Waals surface area contributed by atoms with Gasteiger partial charge in [0.15, 0.2) is 0 Å². The first kappa shape index (κ1) is 14.5. The van der Waals surface area contributed by atoms with E-state index in [9.17, 15) is 8.78 Å². The quantitative estimate of drug-likeness (QED) is 0.855. The molecule has 6 heteroatoms. The summed E-state index contributed by atoms with van der Waals surface area (Å²) in [5.74, 6) is 1.11. The molecule has 0 spiro atoms. The third-order valence-corrected chi connectivity index (χ3v) is 3.13. The Kier molecular flexibility index (Phi) is 4.68. The van der Waals surface area contributed by atoms with Crippen molar-refractivity contribution >= 4 is 0 Å². The molecular weight excluding hydrogens is 264 g/mol. The van der Waals surface area contributed by atoms with Crippen molar-refractivity contribution in [2.24, 2.45) is 5.73 Å². The van der Waals surface area contributed by atoms with Crippen LogP contribution >= 0.6 is 0 Å². The molecule has 0 amide bonds. The number of halogens is 2. The molecule has 4 nitrogen and oxygen atoms in total. The van der Waals surface area contributed by atoms with Crippen LogP contribution in [0, 0.1) is 0 Å². The zero-order chi connectivity index (χ0) is 14.5. The van der Waals surface area contributed by atoms with E-state index < -0.39 is 6.61 Å². The maximum Gasteiger partial charge on any atom is 0.387 e. The topological polar surface area (TPSA) is 63.9 Å². The van der Waals surface area contributed by atoms with E-state index in [1.54, 1.807) is 24.4 Å². The van der Waals surface area contributed by atoms with Gasteiger partial charge in [0.1, 0.15) is 11.6 Å². The Hall–Kier alpha value is -1.95. The molecule has 0 aliphatic carbocycles. The van der Waals surface area contributed by atoms with Crippen LogP contribution in [0.4, 0.5) is 8.78 Å². The van der Waals surface area contributed by atoms with Gasteiger partial charge < -0.3 is 15.5 Å². The van der Waals surface area contributed by atoms with Crippen LogP contribution in [-0.4, -0.2) is 23.1 Å². The second-order valence-electron chi connectivity index (χ2n) is 4.43. The van der Waals surface area contributed by atoms with Crippen LogP contribution in [-0.2, 0) is 0 Å². The maximum atomic E-state index is 12.2. The summed E-state index contributed by atoms with van der Waals surface area (Å²) in [6.07, 6.45) is 2.56. The molecule has 0 bridgehead atoms. The molecule has 0 radical (unpaired) electrons. The van der Waals surface area contributed by atoms with Crippen molar-refractivity contribution in [2.75, 3.05) is 6.54 Å². The van der Waals surface area contributed by atoms with Crippen molar-refractivity contribution < 1.29 is 13.5 Å². The van der Waals surface area contributed by atoms with E-state index in [0.717, 1.165) is 23.5 Å². The van der Waals surface area contributed by atoms with Crippen molar-refractivity contribution in [2.45, 2.75) is 25.9 Å². The van der Waals surface area contributed by atoms with Gasteiger partial charge in [-0.3, -0.25) is 0 Å². The van der Waals surface area contributed by atoms with Crippen molar-refractivity contribution in [3.05, 3.63) is 36.3 Å². The first-order valence-electron chi connectivity index (χ1n) is 6.44. The van der Waals surface area contributed by atoms with Crippen LogP contribution in [0.15, 0.2) is 30.5 Å². The van der Waals surface area contributed by atoms with Crippen LogP contribution in [0.1, 0.15) is 25.1 Å². The van der Waals surface area contributed by atoms with Gasteiger partial charge in [0.2, 0.25) is 0 Å². The number of aromatic nitrogens is 2. The summed E-state index contributed by atoms with van der Waals surface area (Å²) in [5.41, 5.74) is 7.18. The fourth-order valence-corrected chi connectivity index (χ4v) is 2.00. The molecule has 0 aliphatic heterocycles. The summed E-state index contributed by atoms with van der Waals surface area (Å²) in [7, 11) is 0. The molecule has 108 valence electrons. The smallest absolute Gasteiger partial charge is 0.387 e. The number of nitrogens with two attached hydrogens (primary N) is 1. The lowest BCUT2D eigenvalue weighted by molar-refractivity contribution is -0.0498. The van der Waals surface area contributed by atoms with Gasteiger partial charge in [0.05, 0.1) is 11.9 Å². The molecule has 0 fully saturated rings. The molecule has 0 aliphatic rings. The standard InChI is InChI=1S/C14H17F2N3O/c1-2-9(7-17)13-18-8-12(19-13)10-4-3-5-11(6-10)20-14(15)16/h3-6,8-9,14H,2,7,17H2,1H3,(H,18,19). The number of rotatable bonds is 6. The van der Waals surface area contributed by atoms with Crippen molar-refractivity contribution in [3.8, 4) is 17.0 Å². The minimum absolute atomic E-state index is 0.125. The number of imidazole rings is 1. The summed E-state index contributed by atoms with van der Waals surface area (Å²) in [5, 5.41) is 0. The number of nitrogens with one attached hydrogen (secondary N) is 1. The van der Waals surface area contributed by atoms with Crippen LogP contribution in [0.5, 0.6) is 5.75 Å². The third-order valence-electron chi connectivity index (χ3n) is 3.13. The minimum Gasteiger partial charge on any atom is -0.435 e. The highest BCUT2D eigenvalue weighted by Crippen LogP contribution is 2.25. The van der Waals surface area contributed by atoms with Gasteiger partial charge in [-0.1, -0.05) is 19.1 Å². The van der Waals surface area contributed by atoms with E-state index in [4.69, 9.17) is 5.73 Å². The Balaban J connectivity index is 2.23. The first-order chi connectivity index (χ1) is 9.63. The van der Waals surface area contributed by atoms with Crippen LogP contribution in [0.25, 0.3) is 11.3 Å². The largest absolute Gasteiger partial charge is 0.435 e. The molecule has 20 heavy (non-hydrogen) atoms. The Morgan fingerprint density at radius 3 is 2.85 bits per heavy atom. The highest BCUT2D eigenvalue weighted by Gasteiger charge is 2.12. The summed E-state index contributed by atoms with van der Waals surface area (Å²) < 4.78 is 28.8. The normalized spacial score (nSPS) is 12.7. The summed E-state index contributed by atoms with van der Waals surface area (Å²) in [4.78, 5) is 7.48. The number of nitrogens with zero attached hydrogens (tertiary/aromatic N) is 1. The van der Waals surface area contributed by atoms with Crippen molar-refractivity contribution in [1.82, 2.24) is 9.97 Å². The highest BCUT2D eigenvalue weighted by atomic mass is 19.3. The molecular formula is C14H17F2N3O. The van der Waals surface area contributed by atoms with Gasteiger partial charge in [0.25, 0.3) is 0 Å². The van der Waals surface area contributed by atoms with E-state index in [2.05, 4.69) is 14.7 Å². The van der Waals surface area contributed by atoms with Gasteiger partial charge in [-0.15, -0.1) is 0 Å². The molecule has 1 unspecified atom stereocenters. The zero-order valence-corrected chi connectivity index (χ0v) is 11.1. The predicted octanol–water partition coefficient (Wildman–Crippen LogP) is 3.13. The monoisotopic (exact) mass is 281 g/mol. The second-order valence-corrected chi connectivity index (χ2v) is 4.43. The molecule has 1 heterocycles. The molecule has 0 saturated carbocycles. The average molecular weight is 281 g/mol. The van der Waals surface area contributed by atoms with E-state index in [1.807, 2.05) is 6.92 Å². The molecule has 0 saturated heterocycles. The number of H-pyrrole nitrogens is 1. The van der Waals surface area contributed by atoms with Gasteiger partial charge >= 0.3 is 6.61 Å². The predicted molar refractivity (Wildman–Crippen MR) is 72.7 cm³/mol. The molecule has 3 N–H and O–H groups in total. The lowest BCUT2D eigenvalue weighted by Crippen LogP contribution is -2.12. The number of alkyl halides is 2. The van der Waals surface area contributed by atoms with E-state index in [0.29, 0.717) is 6.54 Å². The Morgan fingerprint density at radius 2 is 2.20 bits per heavy atom. The lowest BCUT2D eigenvalue weighted by Gasteiger charge is -2.08. The Labute approximate surface area is 116 Å². The first-order valence-corrected chi connectivity index (χ1v) is 6.44. The van der Waals surface area contributed by atoms with Crippen molar-refractivity contribution in [3.63, 3.8) is 0 Å². The zero-order valence-electron chi connectivity index (χ0n) is 11.1. The molecule has 2 aromatic rings. The Bertz CT molecular complexity index is 553.